The molecule has 30 heavy (non-hydrogen) atoms. The molecule has 8 heteroatoms. The Morgan fingerprint density at radius 3 is 1.80 bits per heavy atom. The monoisotopic (exact) mass is 474 g/mol. The van der Waals surface area contributed by atoms with Crippen LogP contribution in [0.1, 0.15) is 63.8 Å². The Balaban J connectivity index is 1.44. The second kappa shape index (κ2) is 8.22. The van der Waals surface area contributed by atoms with E-state index in [-0.39, 0.29) is 10.8 Å². The first kappa shape index (κ1) is 21.7. The first-order valence-electron chi connectivity index (χ1n) is 9.91. The minimum Gasteiger partial charge on any atom is -0.239 e. The lowest BCUT2D eigenvalue weighted by atomic mass is 9.84. The van der Waals surface area contributed by atoms with Gasteiger partial charge in [0.15, 0.2) is 20.0 Å². The molecule has 0 unspecified atom stereocenters. The highest BCUT2D eigenvalue weighted by atomic mass is 32.1. The lowest BCUT2D eigenvalue weighted by Crippen LogP contribution is -2.18. The van der Waals surface area contributed by atoms with Crippen molar-refractivity contribution in [1.29, 1.82) is 0 Å². The molecular formula is C22H26N4S4. The molecule has 0 N–H and O–H groups in total. The second-order valence-corrected chi connectivity index (χ2v) is 12.6. The fourth-order valence-corrected chi connectivity index (χ4v) is 6.75. The summed E-state index contributed by atoms with van der Waals surface area (Å²) in [6.07, 6.45) is 1.94. The summed E-state index contributed by atoms with van der Waals surface area (Å²) in [6, 6.07) is 0. The molecule has 0 fully saturated rings. The summed E-state index contributed by atoms with van der Waals surface area (Å²) >= 11 is 6.73. The molecule has 4 nitrogen and oxygen atoms in total. The van der Waals surface area contributed by atoms with Crippen LogP contribution in [-0.2, 0) is 17.3 Å². The molecule has 4 aromatic heterocycles. The Bertz CT molecular complexity index is 1140. The van der Waals surface area contributed by atoms with Gasteiger partial charge in [0, 0.05) is 38.0 Å². The van der Waals surface area contributed by atoms with Crippen LogP contribution in [0, 0.1) is 6.92 Å². The third kappa shape index (κ3) is 4.72. The van der Waals surface area contributed by atoms with Crippen LogP contribution in [-0.4, -0.2) is 19.9 Å². The summed E-state index contributed by atoms with van der Waals surface area (Å²) in [5, 5.41) is 12.7. The van der Waals surface area contributed by atoms with Crippen molar-refractivity contribution in [2.24, 2.45) is 0 Å². The molecule has 0 bridgehead atoms. The second-order valence-electron chi connectivity index (χ2n) is 9.15. The fourth-order valence-electron chi connectivity index (χ4n) is 2.94. The number of aromatic nitrogens is 4. The minimum absolute atomic E-state index is 0.0135. The number of thiazole rings is 4. The van der Waals surface area contributed by atoms with Gasteiger partial charge in [-0.1, -0.05) is 34.6 Å². The van der Waals surface area contributed by atoms with Crippen molar-refractivity contribution >= 4 is 45.3 Å². The lowest BCUT2D eigenvalue weighted by molar-refractivity contribution is 0.467. The molecule has 0 saturated carbocycles. The Hall–Kier alpha value is -1.48. The van der Waals surface area contributed by atoms with E-state index < -0.39 is 0 Å². The van der Waals surface area contributed by atoms with Crippen molar-refractivity contribution in [2.45, 2.75) is 65.2 Å². The summed E-state index contributed by atoms with van der Waals surface area (Å²) in [4.78, 5) is 19.1. The predicted molar refractivity (Wildman–Crippen MR) is 131 cm³/mol. The van der Waals surface area contributed by atoms with Gasteiger partial charge < -0.3 is 0 Å². The van der Waals surface area contributed by atoms with Gasteiger partial charge >= 0.3 is 0 Å². The average molecular weight is 475 g/mol. The molecule has 0 aliphatic carbocycles. The SMILES string of the molecule is Cc1csc(-c2nc(CCC(C)(C)c3csc(-c4nc(C(C)(C)C)cs4)n3)cs2)n1. The van der Waals surface area contributed by atoms with Gasteiger partial charge in [0.2, 0.25) is 0 Å². The highest BCUT2D eigenvalue weighted by Crippen LogP contribution is 2.36. The number of rotatable bonds is 6. The van der Waals surface area contributed by atoms with Gasteiger partial charge in [-0.05, 0) is 19.8 Å². The summed E-state index contributed by atoms with van der Waals surface area (Å²) in [7, 11) is 0. The molecule has 0 aromatic carbocycles. The molecule has 0 saturated heterocycles. The molecule has 4 heterocycles. The minimum atomic E-state index is -0.0135. The van der Waals surface area contributed by atoms with Gasteiger partial charge in [0.1, 0.15) is 0 Å². The van der Waals surface area contributed by atoms with E-state index in [1.165, 1.54) is 0 Å². The van der Waals surface area contributed by atoms with Crippen LogP contribution in [0.4, 0.5) is 0 Å². The highest BCUT2D eigenvalue weighted by molar-refractivity contribution is 7.20. The molecule has 0 amide bonds. The van der Waals surface area contributed by atoms with E-state index in [9.17, 15) is 0 Å². The zero-order valence-electron chi connectivity index (χ0n) is 18.1. The van der Waals surface area contributed by atoms with Crippen LogP contribution in [0.25, 0.3) is 20.0 Å². The van der Waals surface area contributed by atoms with E-state index in [0.717, 1.165) is 55.6 Å². The number of hydrogen-bond donors (Lipinski definition) is 0. The van der Waals surface area contributed by atoms with E-state index in [1.807, 2.05) is 6.92 Å². The van der Waals surface area contributed by atoms with Gasteiger partial charge in [-0.3, -0.25) is 0 Å². The van der Waals surface area contributed by atoms with Crippen molar-refractivity contribution in [1.82, 2.24) is 19.9 Å². The molecule has 0 aliphatic rings. The zero-order valence-corrected chi connectivity index (χ0v) is 21.4. The maximum absolute atomic E-state index is 4.96. The Labute approximate surface area is 194 Å². The third-order valence-corrected chi connectivity index (χ3v) is 8.83. The topological polar surface area (TPSA) is 51.6 Å². The van der Waals surface area contributed by atoms with E-state index >= 15 is 0 Å². The largest absolute Gasteiger partial charge is 0.239 e. The fraction of sp³-hybridized carbons (Fsp3) is 0.455. The molecule has 4 rings (SSSR count). The van der Waals surface area contributed by atoms with E-state index in [2.05, 4.69) is 61.1 Å². The summed E-state index contributed by atoms with van der Waals surface area (Å²) in [5.41, 5.74) is 4.52. The van der Waals surface area contributed by atoms with Crippen LogP contribution >= 0.6 is 45.3 Å². The van der Waals surface area contributed by atoms with Gasteiger partial charge in [-0.2, -0.15) is 0 Å². The highest BCUT2D eigenvalue weighted by Gasteiger charge is 2.26. The average Bonchev–Trinajstić information content (AvgIpc) is 3.44. The standard InChI is InChI=1S/C22H26N4S4/c1-13-9-27-17(23-13)18-24-14(10-28-18)7-8-22(5,6)16-12-30-20(26-16)19-25-15(11-29-19)21(2,3)4/h9-12H,7-8H2,1-6H3. The number of hydrogen-bond acceptors (Lipinski definition) is 8. The van der Waals surface area contributed by atoms with Gasteiger partial charge in [0.05, 0.1) is 17.1 Å². The van der Waals surface area contributed by atoms with Crippen molar-refractivity contribution in [3.05, 3.63) is 44.3 Å². The summed E-state index contributed by atoms with van der Waals surface area (Å²) in [5.74, 6) is 0. The van der Waals surface area contributed by atoms with Gasteiger partial charge in [-0.15, -0.1) is 45.3 Å². The van der Waals surface area contributed by atoms with Gasteiger partial charge in [-0.25, -0.2) is 19.9 Å². The summed E-state index contributed by atoms with van der Waals surface area (Å²) in [6.45, 7) is 13.2. The quantitative estimate of drug-likeness (QED) is 0.293. The predicted octanol–water partition coefficient (Wildman–Crippen LogP) is 7.36. The molecule has 0 radical (unpaired) electrons. The molecule has 0 aliphatic heterocycles. The summed E-state index contributed by atoms with van der Waals surface area (Å²) < 4.78 is 0. The Morgan fingerprint density at radius 2 is 1.20 bits per heavy atom. The smallest absolute Gasteiger partial charge is 0.152 e. The molecule has 0 atom stereocenters. The van der Waals surface area contributed by atoms with Crippen LogP contribution in [0.15, 0.2) is 21.5 Å². The Kier molecular flexibility index (Phi) is 5.96. The van der Waals surface area contributed by atoms with Crippen molar-refractivity contribution < 1.29 is 0 Å². The van der Waals surface area contributed by atoms with E-state index in [1.54, 1.807) is 45.3 Å². The van der Waals surface area contributed by atoms with E-state index in [0.29, 0.717) is 0 Å². The van der Waals surface area contributed by atoms with Gasteiger partial charge in [0.25, 0.3) is 0 Å². The third-order valence-electron chi connectivity index (χ3n) is 5.01. The molecule has 158 valence electrons. The molecule has 4 aromatic rings. The first-order valence-corrected chi connectivity index (χ1v) is 13.4. The molecular weight excluding hydrogens is 449 g/mol. The first-order chi connectivity index (χ1) is 14.1. The maximum Gasteiger partial charge on any atom is 0.152 e. The Morgan fingerprint density at radius 1 is 0.667 bits per heavy atom. The van der Waals surface area contributed by atoms with Crippen molar-refractivity contribution in [3.63, 3.8) is 0 Å². The normalized spacial score (nSPS) is 12.6. The number of aryl methyl sites for hydroxylation is 2. The van der Waals surface area contributed by atoms with Crippen molar-refractivity contribution in [3.8, 4) is 20.0 Å². The maximum atomic E-state index is 4.96. The lowest BCUT2D eigenvalue weighted by Gasteiger charge is -2.21. The number of nitrogens with zero attached hydrogens (tertiary/aromatic N) is 4. The van der Waals surface area contributed by atoms with Crippen LogP contribution < -0.4 is 0 Å². The van der Waals surface area contributed by atoms with Crippen LogP contribution in [0.3, 0.4) is 0 Å². The van der Waals surface area contributed by atoms with Crippen molar-refractivity contribution in [2.75, 3.05) is 0 Å². The zero-order chi connectivity index (χ0) is 21.5. The van der Waals surface area contributed by atoms with Crippen LogP contribution in [0.5, 0.6) is 0 Å². The molecule has 0 spiro atoms. The van der Waals surface area contributed by atoms with E-state index in [4.69, 9.17) is 15.0 Å². The van der Waals surface area contributed by atoms with Crippen LogP contribution in [0.2, 0.25) is 0 Å².